The number of aromatic nitrogens is 1. The summed E-state index contributed by atoms with van der Waals surface area (Å²) in [5, 5.41) is 5.24. The number of nitrogens with zero attached hydrogens (tertiary/aromatic N) is 1. The van der Waals surface area contributed by atoms with E-state index in [0.29, 0.717) is 55.4 Å². The molecule has 218 valence electrons. The predicted octanol–water partition coefficient (Wildman–Crippen LogP) is 7.26. The van der Waals surface area contributed by atoms with Crippen LogP contribution in [0, 0.1) is 0 Å². The van der Waals surface area contributed by atoms with E-state index in [0.717, 1.165) is 4.47 Å². The van der Waals surface area contributed by atoms with Crippen molar-refractivity contribution < 1.29 is 28.5 Å². The van der Waals surface area contributed by atoms with Crippen molar-refractivity contribution in [1.29, 1.82) is 0 Å². The van der Waals surface area contributed by atoms with Gasteiger partial charge in [-0.1, -0.05) is 51.8 Å². The minimum atomic E-state index is -0.578. The third-order valence-electron chi connectivity index (χ3n) is 6.54. The molecule has 0 atom stereocenters. The molecule has 0 fully saturated rings. The monoisotopic (exact) mass is 661 g/mol. The lowest BCUT2D eigenvalue weighted by Gasteiger charge is -2.10. The third kappa shape index (κ3) is 6.20. The second kappa shape index (κ2) is 13.0. The minimum Gasteiger partial charge on any atom is -0.497 e. The summed E-state index contributed by atoms with van der Waals surface area (Å²) in [5.74, 6) is 0.690. The molecule has 1 amide bonds. The fourth-order valence-electron chi connectivity index (χ4n) is 4.53. The van der Waals surface area contributed by atoms with Crippen LogP contribution >= 0.6 is 27.5 Å². The summed E-state index contributed by atoms with van der Waals surface area (Å²) in [6, 6.07) is 22.4. The van der Waals surface area contributed by atoms with Crippen molar-refractivity contribution in [2.45, 2.75) is 0 Å². The second-order valence-corrected chi connectivity index (χ2v) is 10.4. The van der Waals surface area contributed by atoms with E-state index in [-0.39, 0.29) is 11.4 Å². The lowest BCUT2D eigenvalue weighted by molar-refractivity contribution is 0.0733. The van der Waals surface area contributed by atoms with Crippen molar-refractivity contribution in [2.24, 2.45) is 5.10 Å². The largest absolute Gasteiger partial charge is 0.497 e. The summed E-state index contributed by atoms with van der Waals surface area (Å²) >= 11 is 10.0. The fraction of sp³-hybridized carbons (Fsp3) is 0.0938. The SMILES string of the molecule is COc1cccc(C(=O)Oc2ccc(Br)cc2C=NNC(=O)c2[nH]c3c(OC)ccc(OC)c3c2-c2ccccc2Cl)c1. The number of ether oxygens (including phenoxy) is 4. The van der Waals surface area contributed by atoms with Crippen molar-refractivity contribution in [3.63, 3.8) is 0 Å². The maximum absolute atomic E-state index is 13.6. The minimum absolute atomic E-state index is 0.196. The van der Waals surface area contributed by atoms with Gasteiger partial charge in [0.2, 0.25) is 0 Å². The van der Waals surface area contributed by atoms with Crippen LogP contribution in [0.25, 0.3) is 22.0 Å². The van der Waals surface area contributed by atoms with Gasteiger partial charge in [0.25, 0.3) is 5.91 Å². The number of amides is 1. The van der Waals surface area contributed by atoms with Crippen LogP contribution in [0.5, 0.6) is 23.0 Å². The van der Waals surface area contributed by atoms with Gasteiger partial charge in [0.1, 0.15) is 28.7 Å². The van der Waals surface area contributed by atoms with Gasteiger partial charge in [-0.05, 0) is 54.6 Å². The van der Waals surface area contributed by atoms with E-state index >= 15 is 0 Å². The number of benzene rings is 4. The first-order valence-electron chi connectivity index (χ1n) is 12.8. The van der Waals surface area contributed by atoms with E-state index in [4.69, 9.17) is 30.5 Å². The number of methoxy groups -OCH3 is 3. The Kier molecular flexibility index (Phi) is 8.98. The average molecular weight is 663 g/mol. The number of hydrogen-bond acceptors (Lipinski definition) is 7. The van der Waals surface area contributed by atoms with Crippen molar-refractivity contribution in [1.82, 2.24) is 10.4 Å². The lowest BCUT2D eigenvalue weighted by atomic mass is 10.0. The molecule has 0 bridgehead atoms. The lowest BCUT2D eigenvalue weighted by Crippen LogP contribution is -2.19. The zero-order valence-corrected chi connectivity index (χ0v) is 25.6. The Morgan fingerprint density at radius 1 is 0.884 bits per heavy atom. The van der Waals surface area contributed by atoms with Crippen LogP contribution in [0.2, 0.25) is 5.02 Å². The van der Waals surface area contributed by atoms with Gasteiger partial charge in [0.15, 0.2) is 0 Å². The van der Waals surface area contributed by atoms with Gasteiger partial charge in [-0.2, -0.15) is 5.10 Å². The van der Waals surface area contributed by atoms with Gasteiger partial charge >= 0.3 is 5.97 Å². The van der Waals surface area contributed by atoms with Crippen LogP contribution in [0.3, 0.4) is 0 Å². The molecule has 9 nitrogen and oxygen atoms in total. The van der Waals surface area contributed by atoms with Crippen molar-refractivity contribution in [3.05, 3.63) is 105 Å². The first-order chi connectivity index (χ1) is 20.8. The highest BCUT2D eigenvalue weighted by molar-refractivity contribution is 9.10. The molecule has 0 unspecified atom stereocenters. The number of aromatic amines is 1. The smallest absolute Gasteiger partial charge is 0.343 e. The number of halogens is 2. The van der Waals surface area contributed by atoms with Crippen LogP contribution in [-0.2, 0) is 0 Å². The Labute approximate surface area is 260 Å². The average Bonchev–Trinajstić information content (AvgIpc) is 3.42. The Balaban J connectivity index is 1.48. The zero-order valence-electron chi connectivity index (χ0n) is 23.2. The number of carbonyl (C=O) groups is 2. The fourth-order valence-corrected chi connectivity index (χ4v) is 5.14. The molecule has 0 radical (unpaired) electrons. The normalized spacial score (nSPS) is 11.0. The molecule has 43 heavy (non-hydrogen) atoms. The first kappa shape index (κ1) is 29.7. The molecule has 0 aliphatic rings. The van der Waals surface area contributed by atoms with E-state index in [2.05, 4.69) is 31.4 Å². The van der Waals surface area contributed by atoms with E-state index in [1.807, 2.05) is 12.1 Å². The Morgan fingerprint density at radius 3 is 2.37 bits per heavy atom. The van der Waals surface area contributed by atoms with E-state index in [9.17, 15) is 9.59 Å². The second-order valence-electron chi connectivity index (χ2n) is 9.08. The summed E-state index contributed by atoms with van der Waals surface area (Å²) in [5.41, 5.74) is 5.22. The molecule has 1 aromatic heterocycles. The molecule has 1 heterocycles. The number of hydrazone groups is 1. The summed E-state index contributed by atoms with van der Waals surface area (Å²) < 4.78 is 22.7. The molecular weight excluding hydrogens is 638 g/mol. The van der Waals surface area contributed by atoms with Crippen LogP contribution in [0.15, 0.2) is 88.4 Å². The quantitative estimate of drug-likeness (QED) is 0.0744. The summed E-state index contributed by atoms with van der Waals surface area (Å²) in [6.45, 7) is 0. The summed E-state index contributed by atoms with van der Waals surface area (Å²) in [7, 11) is 4.60. The summed E-state index contributed by atoms with van der Waals surface area (Å²) in [4.78, 5) is 29.6. The number of fused-ring (bicyclic) bond motifs is 1. The van der Waals surface area contributed by atoms with Crippen LogP contribution in [-0.4, -0.2) is 44.4 Å². The number of hydrogen-bond donors (Lipinski definition) is 2. The van der Waals surface area contributed by atoms with Crippen molar-refractivity contribution >= 4 is 56.5 Å². The number of H-pyrrole nitrogens is 1. The molecular formula is C32H25BrClN3O6. The van der Waals surface area contributed by atoms with Crippen LogP contribution in [0.4, 0.5) is 0 Å². The molecule has 4 aromatic carbocycles. The maximum Gasteiger partial charge on any atom is 0.343 e. The Hall–Kier alpha value is -4.80. The molecule has 11 heteroatoms. The van der Waals surface area contributed by atoms with Gasteiger partial charge in [-0.25, -0.2) is 10.2 Å². The standard InChI is InChI=1S/C32H25BrClN3O6/c1-40-21-8-6-7-18(16-21)32(39)43-24-12-11-20(33)15-19(24)17-35-37-31(38)30-27(22-9-4-5-10-23(22)34)28-25(41-2)13-14-26(42-3)29(28)36-30/h4-17,36H,1-3H3,(H,37,38). The van der Waals surface area contributed by atoms with Gasteiger partial charge in [0, 0.05) is 26.2 Å². The molecule has 2 N–H and O–H groups in total. The summed E-state index contributed by atoms with van der Waals surface area (Å²) in [6.07, 6.45) is 1.38. The van der Waals surface area contributed by atoms with Crippen LogP contribution in [0.1, 0.15) is 26.4 Å². The Bertz CT molecular complexity index is 1870. The van der Waals surface area contributed by atoms with E-state index < -0.39 is 11.9 Å². The highest BCUT2D eigenvalue weighted by Crippen LogP contribution is 2.44. The van der Waals surface area contributed by atoms with Gasteiger partial charge in [0.05, 0.1) is 44.0 Å². The molecule has 5 rings (SSSR count). The zero-order chi connectivity index (χ0) is 30.5. The van der Waals surface area contributed by atoms with Gasteiger partial charge in [-0.15, -0.1) is 0 Å². The molecule has 0 saturated carbocycles. The van der Waals surface area contributed by atoms with Gasteiger partial charge < -0.3 is 23.9 Å². The highest BCUT2D eigenvalue weighted by atomic mass is 79.9. The molecule has 0 spiro atoms. The van der Waals surface area contributed by atoms with Crippen molar-refractivity contribution in [3.8, 4) is 34.1 Å². The molecule has 0 aliphatic heterocycles. The topological polar surface area (TPSA) is 111 Å². The highest BCUT2D eigenvalue weighted by Gasteiger charge is 2.25. The molecule has 5 aromatic rings. The van der Waals surface area contributed by atoms with Crippen molar-refractivity contribution in [2.75, 3.05) is 21.3 Å². The molecule has 0 aliphatic carbocycles. The number of nitrogens with one attached hydrogen (secondary N) is 2. The number of carbonyl (C=O) groups excluding carboxylic acids is 2. The Morgan fingerprint density at radius 2 is 1.63 bits per heavy atom. The predicted molar refractivity (Wildman–Crippen MR) is 169 cm³/mol. The first-order valence-corrected chi connectivity index (χ1v) is 14.0. The van der Waals surface area contributed by atoms with Crippen LogP contribution < -0.4 is 24.4 Å². The number of rotatable bonds is 9. The van der Waals surface area contributed by atoms with E-state index in [1.54, 1.807) is 73.8 Å². The number of esters is 1. The maximum atomic E-state index is 13.6. The third-order valence-corrected chi connectivity index (χ3v) is 7.36. The van der Waals surface area contributed by atoms with E-state index in [1.165, 1.54) is 20.4 Å². The van der Waals surface area contributed by atoms with Gasteiger partial charge in [-0.3, -0.25) is 4.79 Å². The molecule has 0 saturated heterocycles.